The molecule has 0 spiro atoms. The second-order valence-corrected chi connectivity index (χ2v) is 7.60. The van der Waals surface area contributed by atoms with Gasteiger partial charge in [-0.05, 0) is 43.3 Å². The maximum Gasteiger partial charge on any atom is 0.341 e. The standard InChI is InChI=1S/C27H28N2O6/c1-3-32-27(30)23-11-9-19(15-26(23)35-18-31-2)29-17-24(28)22-12-10-21(16-25(22)29)34-14-13-33-20-7-5-4-6-8-20/h4-12,15-17H,3,13-14,18,28H2,1-2H3. The normalized spacial score (nSPS) is 10.8. The van der Waals surface area contributed by atoms with E-state index in [2.05, 4.69) is 0 Å². The lowest BCUT2D eigenvalue weighted by Crippen LogP contribution is -2.10. The van der Waals surface area contributed by atoms with Crippen LogP contribution in [0.5, 0.6) is 17.2 Å². The smallest absolute Gasteiger partial charge is 0.341 e. The quantitative estimate of drug-likeness (QED) is 0.188. The molecule has 0 fully saturated rings. The number of methoxy groups -OCH3 is 1. The van der Waals surface area contributed by atoms with E-state index in [-0.39, 0.29) is 13.4 Å². The molecule has 0 bridgehead atoms. The highest BCUT2D eigenvalue weighted by Gasteiger charge is 2.17. The van der Waals surface area contributed by atoms with Crippen molar-refractivity contribution in [1.29, 1.82) is 0 Å². The Morgan fingerprint density at radius 3 is 2.43 bits per heavy atom. The Balaban J connectivity index is 1.58. The number of rotatable bonds is 11. The Morgan fingerprint density at radius 1 is 0.914 bits per heavy atom. The summed E-state index contributed by atoms with van der Waals surface area (Å²) in [5.41, 5.74) is 8.83. The Labute approximate surface area is 203 Å². The third-order valence-corrected chi connectivity index (χ3v) is 5.24. The molecule has 0 unspecified atom stereocenters. The Bertz CT molecular complexity index is 1290. The average molecular weight is 477 g/mol. The number of esters is 1. The number of fused-ring (bicyclic) bond motifs is 1. The van der Waals surface area contributed by atoms with E-state index in [1.807, 2.05) is 65.4 Å². The van der Waals surface area contributed by atoms with Gasteiger partial charge >= 0.3 is 5.97 Å². The van der Waals surface area contributed by atoms with E-state index < -0.39 is 5.97 Å². The average Bonchev–Trinajstić information content (AvgIpc) is 3.21. The molecule has 182 valence electrons. The molecule has 0 saturated heterocycles. The van der Waals surface area contributed by atoms with Gasteiger partial charge in [-0.1, -0.05) is 18.2 Å². The number of anilines is 1. The predicted molar refractivity (Wildman–Crippen MR) is 134 cm³/mol. The summed E-state index contributed by atoms with van der Waals surface area (Å²) in [5.74, 6) is 1.38. The van der Waals surface area contributed by atoms with Crippen molar-refractivity contribution in [2.45, 2.75) is 6.92 Å². The molecule has 3 aromatic carbocycles. The summed E-state index contributed by atoms with van der Waals surface area (Å²) in [6, 6.07) is 20.5. The Morgan fingerprint density at radius 2 is 1.69 bits per heavy atom. The summed E-state index contributed by atoms with van der Waals surface area (Å²) < 4.78 is 29.3. The highest BCUT2D eigenvalue weighted by Crippen LogP contribution is 2.32. The molecule has 0 saturated carbocycles. The minimum Gasteiger partial charge on any atom is -0.490 e. The van der Waals surface area contributed by atoms with Crippen molar-refractivity contribution in [2.75, 3.05) is 39.5 Å². The molecular weight excluding hydrogens is 448 g/mol. The van der Waals surface area contributed by atoms with E-state index in [9.17, 15) is 4.79 Å². The lowest BCUT2D eigenvalue weighted by molar-refractivity contribution is 0.0438. The van der Waals surface area contributed by atoms with Crippen LogP contribution in [0.25, 0.3) is 16.6 Å². The second kappa shape index (κ2) is 11.3. The van der Waals surface area contributed by atoms with Gasteiger partial charge in [-0.2, -0.15) is 0 Å². The molecule has 35 heavy (non-hydrogen) atoms. The summed E-state index contributed by atoms with van der Waals surface area (Å²) in [5, 5.41) is 0.881. The van der Waals surface area contributed by atoms with Gasteiger partial charge in [0.1, 0.15) is 36.0 Å². The zero-order valence-corrected chi connectivity index (χ0v) is 19.7. The van der Waals surface area contributed by atoms with Crippen LogP contribution < -0.4 is 19.9 Å². The maximum atomic E-state index is 12.4. The van der Waals surface area contributed by atoms with Gasteiger partial charge in [0.25, 0.3) is 0 Å². The number of para-hydroxylation sites is 1. The largest absolute Gasteiger partial charge is 0.490 e. The topological polar surface area (TPSA) is 94.2 Å². The van der Waals surface area contributed by atoms with Crippen molar-refractivity contribution in [1.82, 2.24) is 4.57 Å². The third-order valence-electron chi connectivity index (χ3n) is 5.24. The van der Waals surface area contributed by atoms with Gasteiger partial charge < -0.3 is 34.0 Å². The summed E-state index contributed by atoms with van der Waals surface area (Å²) in [7, 11) is 1.51. The fourth-order valence-electron chi connectivity index (χ4n) is 3.65. The fraction of sp³-hybridized carbons (Fsp3) is 0.222. The minimum absolute atomic E-state index is 0.00648. The number of nitrogen functional groups attached to an aromatic ring is 1. The van der Waals surface area contributed by atoms with Crippen molar-refractivity contribution >= 4 is 22.6 Å². The van der Waals surface area contributed by atoms with E-state index in [0.717, 1.165) is 22.3 Å². The first-order valence-corrected chi connectivity index (χ1v) is 11.2. The number of aromatic nitrogens is 1. The lowest BCUT2D eigenvalue weighted by atomic mass is 10.1. The molecule has 0 amide bonds. The molecule has 2 N–H and O–H groups in total. The fourth-order valence-corrected chi connectivity index (χ4v) is 3.65. The summed E-state index contributed by atoms with van der Waals surface area (Å²) in [4.78, 5) is 12.4. The van der Waals surface area contributed by atoms with Crippen LogP contribution in [0.1, 0.15) is 17.3 Å². The van der Waals surface area contributed by atoms with Gasteiger partial charge in [-0.25, -0.2) is 4.79 Å². The van der Waals surface area contributed by atoms with Crippen LogP contribution in [-0.2, 0) is 9.47 Å². The molecule has 8 heteroatoms. The van der Waals surface area contributed by atoms with E-state index in [4.69, 9.17) is 29.4 Å². The van der Waals surface area contributed by atoms with Crippen LogP contribution >= 0.6 is 0 Å². The summed E-state index contributed by atoms with van der Waals surface area (Å²) in [6.45, 7) is 2.82. The van der Waals surface area contributed by atoms with E-state index in [1.54, 1.807) is 19.1 Å². The van der Waals surface area contributed by atoms with Crippen molar-refractivity contribution in [3.8, 4) is 22.9 Å². The van der Waals surface area contributed by atoms with Crippen molar-refractivity contribution in [2.24, 2.45) is 0 Å². The van der Waals surface area contributed by atoms with E-state index >= 15 is 0 Å². The zero-order chi connectivity index (χ0) is 24.6. The van der Waals surface area contributed by atoms with Crippen LogP contribution in [0.2, 0.25) is 0 Å². The number of nitrogens with zero attached hydrogens (tertiary/aromatic N) is 1. The van der Waals surface area contributed by atoms with E-state index in [0.29, 0.717) is 36.0 Å². The number of carbonyl (C=O) groups is 1. The number of carbonyl (C=O) groups excluding carboxylic acids is 1. The molecule has 0 atom stereocenters. The molecular formula is C27H28N2O6. The lowest BCUT2D eigenvalue weighted by Gasteiger charge is -2.14. The number of ether oxygens (including phenoxy) is 5. The second-order valence-electron chi connectivity index (χ2n) is 7.60. The van der Waals surface area contributed by atoms with Crippen molar-refractivity contribution < 1.29 is 28.5 Å². The van der Waals surface area contributed by atoms with Crippen LogP contribution in [0, 0.1) is 0 Å². The maximum absolute atomic E-state index is 12.4. The van der Waals surface area contributed by atoms with Crippen LogP contribution in [0.4, 0.5) is 5.69 Å². The summed E-state index contributed by atoms with van der Waals surface area (Å²) >= 11 is 0. The number of nitrogens with two attached hydrogens (primary N) is 1. The van der Waals surface area contributed by atoms with Gasteiger partial charge in [0.2, 0.25) is 0 Å². The van der Waals surface area contributed by atoms with Crippen LogP contribution in [0.3, 0.4) is 0 Å². The third kappa shape index (κ3) is 5.67. The molecule has 4 rings (SSSR count). The molecule has 0 aliphatic heterocycles. The highest BCUT2D eigenvalue weighted by molar-refractivity contribution is 5.95. The molecule has 8 nitrogen and oxygen atoms in total. The molecule has 1 aromatic heterocycles. The molecule has 0 aliphatic rings. The predicted octanol–water partition coefficient (Wildman–Crippen LogP) is 4.83. The Kier molecular flexibility index (Phi) is 7.74. The number of benzene rings is 3. The Hall–Kier alpha value is -4.17. The van der Waals surface area contributed by atoms with Crippen molar-refractivity contribution in [3.05, 3.63) is 78.5 Å². The minimum atomic E-state index is -0.463. The van der Waals surface area contributed by atoms with Gasteiger partial charge in [0.15, 0.2) is 6.79 Å². The highest BCUT2D eigenvalue weighted by atomic mass is 16.7. The number of hydrogen-bond donors (Lipinski definition) is 1. The van der Waals surface area contributed by atoms with Gasteiger partial charge in [-0.3, -0.25) is 0 Å². The monoisotopic (exact) mass is 476 g/mol. The first kappa shape index (κ1) is 24.0. The van der Waals surface area contributed by atoms with Gasteiger partial charge in [0.05, 0.1) is 17.8 Å². The first-order chi connectivity index (χ1) is 17.1. The molecule has 0 radical (unpaired) electrons. The molecule has 1 heterocycles. The molecule has 0 aliphatic carbocycles. The summed E-state index contributed by atoms with van der Waals surface area (Å²) in [6.07, 6.45) is 1.83. The van der Waals surface area contributed by atoms with E-state index in [1.165, 1.54) is 7.11 Å². The van der Waals surface area contributed by atoms with Crippen LogP contribution in [0.15, 0.2) is 72.9 Å². The van der Waals surface area contributed by atoms with Gasteiger partial charge in [-0.15, -0.1) is 0 Å². The van der Waals surface area contributed by atoms with Gasteiger partial charge in [0, 0.05) is 36.5 Å². The zero-order valence-electron chi connectivity index (χ0n) is 19.7. The van der Waals surface area contributed by atoms with Crippen molar-refractivity contribution in [3.63, 3.8) is 0 Å². The number of hydrogen-bond acceptors (Lipinski definition) is 7. The molecule has 4 aromatic rings. The first-order valence-electron chi connectivity index (χ1n) is 11.2. The SMILES string of the molecule is CCOC(=O)c1ccc(-n2cc(N)c3ccc(OCCOc4ccccc4)cc32)cc1OCOC. The van der Waals surface area contributed by atoms with Crippen LogP contribution in [-0.4, -0.2) is 44.3 Å².